The smallest absolute Gasteiger partial charge is 0.214 e. The zero-order valence-corrected chi connectivity index (χ0v) is 13.3. The quantitative estimate of drug-likeness (QED) is 0.877. The van der Waals surface area contributed by atoms with Gasteiger partial charge in [0.05, 0.1) is 17.4 Å². The third kappa shape index (κ3) is 4.62. The van der Waals surface area contributed by atoms with Crippen molar-refractivity contribution in [3.8, 4) is 6.07 Å². The van der Waals surface area contributed by atoms with Crippen LogP contribution in [0.15, 0.2) is 24.3 Å². The van der Waals surface area contributed by atoms with E-state index in [9.17, 15) is 8.42 Å². The Labute approximate surface area is 121 Å². The first kappa shape index (κ1) is 16.7. The van der Waals surface area contributed by atoms with Crippen LogP contribution in [-0.2, 0) is 15.8 Å². The molecule has 5 heteroatoms. The summed E-state index contributed by atoms with van der Waals surface area (Å²) < 4.78 is 26.9. The fourth-order valence-electron chi connectivity index (χ4n) is 1.51. The summed E-state index contributed by atoms with van der Waals surface area (Å²) in [6.45, 7) is 8.59. The van der Waals surface area contributed by atoms with Crippen molar-refractivity contribution in [2.75, 3.05) is 6.54 Å². The number of nitrogens with zero attached hydrogens (tertiary/aromatic N) is 1. The van der Waals surface area contributed by atoms with Crippen LogP contribution in [0.4, 0.5) is 0 Å². The molecule has 110 valence electrons. The molecule has 0 spiro atoms. The fourth-order valence-corrected chi connectivity index (χ4v) is 2.87. The van der Waals surface area contributed by atoms with Gasteiger partial charge in [-0.15, -0.1) is 0 Å². The summed E-state index contributed by atoms with van der Waals surface area (Å²) in [5.41, 5.74) is 0.827. The van der Waals surface area contributed by atoms with Crippen molar-refractivity contribution in [1.82, 2.24) is 4.72 Å². The van der Waals surface area contributed by atoms with Gasteiger partial charge in [0.1, 0.15) is 0 Å². The second-order valence-electron chi connectivity index (χ2n) is 5.99. The van der Waals surface area contributed by atoms with Gasteiger partial charge in [-0.1, -0.05) is 45.9 Å². The van der Waals surface area contributed by atoms with Gasteiger partial charge in [0.15, 0.2) is 0 Å². The van der Waals surface area contributed by atoms with Gasteiger partial charge in [-0.2, -0.15) is 5.26 Å². The molecule has 1 aromatic rings. The first-order valence-corrected chi connectivity index (χ1v) is 8.28. The Kier molecular flexibility index (Phi) is 5.32. The molecule has 0 atom stereocenters. The van der Waals surface area contributed by atoms with Gasteiger partial charge in [-0.25, -0.2) is 13.1 Å². The summed E-state index contributed by atoms with van der Waals surface area (Å²) in [4.78, 5) is 0. The first-order chi connectivity index (χ1) is 9.18. The molecule has 0 saturated carbocycles. The van der Waals surface area contributed by atoms with E-state index in [2.05, 4.69) is 18.6 Å². The summed E-state index contributed by atoms with van der Waals surface area (Å²) in [6, 6.07) is 8.78. The zero-order chi connectivity index (χ0) is 15.4. The highest BCUT2D eigenvalue weighted by molar-refractivity contribution is 7.88. The van der Waals surface area contributed by atoms with Crippen molar-refractivity contribution >= 4 is 10.0 Å². The van der Waals surface area contributed by atoms with E-state index in [4.69, 9.17) is 5.26 Å². The van der Waals surface area contributed by atoms with Crippen LogP contribution < -0.4 is 4.72 Å². The van der Waals surface area contributed by atoms with E-state index in [-0.39, 0.29) is 11.2 Å². The molecule has 0 amide bonds. The lowest BCUT2D eigenvalue weighted by molar-refractivity contribution is 0.252. The minimum absolute atomic E-state index is 0.109. The van der Waals surface area contributed by atoms with Crippen LogP contribution in [0.1, 0.15) is 38.8 Å². The van der Waals surface area contributed by atoms with E-state index in [1.165, 1.54) is 0 Å². The maximum absolute atomic E-state index is 12.1. The van der Waals surface area contributed by atoms with E-state index in [1.54, 1.807) is 24.3 Å². The van der Waals surface area contributed by atoms with Crippen LogP contribution >= 0.6 is 0 Å². The molecule has 1 N–H and O–H groups in total. The van der Waals surface area contributed by atoms with Gasteiger partial charge in [0, 0.05) is 6.54 Å². The third-order valence-corrected chi connectivity index (χ3v) is 5.07. The summed E-state index contributed by atoms with van der Waals surface area (Å²) in [6.07, 6.45) is 0. The van der Waals surface area contributed by atoms with Crippen LogP contribution in [0.2, 0.25) is 0 Å². The van der Waals surface area contributed by atoms with E-state index >= 15 is 0 Å². The maximum Gasteiger partial charge on any atom is 0.215 e. The van der Waals surface area contributed by atoms with Gasteiger partial charge in [-0.3, -0.25) is 0 Å². The molecular formula is C15H22N2O2S. The Balaban J connectivity index is 2.79. The zero-order valence-electron chi connectivity index (χ0n) is 12.5. The van der Waals surface area contributed by atoms with Gasteiger partial charge in [-0.05, 0) is 23.0 Å². The molecule has 0 saturated heterocycles. The highest BCUT2D eigenvalue weighted by atomic mass is 32.2. The molecule has 0 radical (unpaired) electrons. The average Bonchev–Trinajstić information content (AvgIpc) is 2.37. The predicted octanol–water partition coefficient (Wildman–Crippen LogP) is 2.66. The van der Waals surface area contributed by atoms with Gasteiger partial charge in [0.25, 0.3) is 0 Å². The number of hydrogen-bond acceptors (Lipinski definition) is 3. The molecule has 0 aromatic heterocycles. The fraction of sp³-hybridized carbons (Fsp3) is 0.533. The number of hydrogen-bond donors (Lipinski definition) is 1. The molecule has 0 aliphatic carbocycles. The molecule has 1 rings (SSSR count). The van der Waals surface area contributed by atoms with E-state index < -0.39 is 10.0 Å². The van der Waals surface area contributed by atoms with Gasteiger partial charge < -0.3 is 0 Å². The number of sulfonamides is 1. The first-order valence-electron chi connectivity index (χ1n) is 6.63. The number of nitrogens with one attached hydrogen (secondary N) is 1. The number of nitriles is 1. The monoisotopic (exact) mass is 294 g/mol. The van der Waals surface area contributed by atoms with Crippen molar-refractivity contribution in [1.29, 1.82) is 5.26 Å². The predicted molar refractivity (Wildman–Crippen MR) is 80.4 cm³/mol. The van der Waals surface area contributed by atoms with Gasteiger partial charge in [0.2, 0.25) is 10.0 Å². The summed E-state index contributed by atoms with van der Waals surface area (Å²) >= 11 is 0. The summed E-state index contributed by atoms with van der Waals surface area (Å²) in [5.74, 6) is 0.210. The molecule has 4 nitrogen and oxygen atoms in total. The third-order valence-electron chi connectivity index (χ3n) is 3.79. The van der Waals surface area contributed by atoms with Crippen LogP contribution in [-0.4, -0.2) is 15.0 Å². The summed E-state index contributed by atoms with van der Waals surface area (Å²) in [5, 5.41) is 8.98. The van der Waals surface area contributed by atoms with Crippen molar-refractivity contribution in [3.05, 3.63) is 35.4 Å². The largest absolute Gasteiger partial charge is 0.215 e. The van der Waals surface area contributed by atoms with Crippen molar-refractivity contribution < 1.29 is 8.42 Å². The van der Waals surface area contributed by atoms with Crippen LogP contribution in [0.5, 0.6) is 0 Å². The molecule has 0 bridgehead atoms. The van der Waals surface area contributed by atoms with Gasteiger partial charge >= 0.3 is 0 Å². The standard InChI is InChI=1S/C15H22N2O2S/c1-12(2)15(3,4)11-17-20(18,19)10-14-8-6-5-7-13(14)9-16/h5-8,12,17H,10-11H2,1-4H3. The Morgan fingerprint density at radius 2 is 1.90 bits per heavy atom. The topological polar surface area (TPSA) is 70.0 Å². The Hall–Kier alpha value is -1.38. The lowest BCUT2D eigenvalue weighted by atomic mass is 9.81. The maximum atomic E-state index is 12.1. The molecule has 0 fully saturated rings. The Bertz CT molecular complexity index is 599. The van der Waals surface area contributed by atoms with Crippen LogP contribution in [0.25, 0.3) is 0 Å². The Morgan fingerprint density at radius 1 is 1.30 bits per heavy atom. The van der Waals surface area contributed by atoms with Crippen molar-refractivity contribution in [3.63, 3.8) is 0 Å². The molecule has 0 aliphatic rings. The molecule has 1 aromatic carbocycles. The lowest BCUT2D eigenvalue weighted by Gasteiger charge is -2.29. The highest BCUT2D eigenvalue weighted by Crippen LogP contribution is 2.25. The minimum Gasteiger partial charge on any atom is -0.214 e. The average molecular weight is 294 g/mol. The number of rotatable bonds is 6. The lowest BCUT2D eigenvalue weighted by Crippen LogP contribution is -2.37. The highest BCUT2D eigenvalue weighted by Gasteiger charge is 2.25. The molecule has 0 aliphatic heterocycles. The van der Waals surface area contributed by atoms with Crippen LogP contribution in [0, 0.1) is 22.7 Å². The second kappa shape index (κ2) is 6.38. The second-order valence-corrected chi connectivity index (χ2v) is 7.80. The van der Waals surface area contributed by atoms with E-state index in [0.29, 0.717) is 23.6 Å². The van der Waals surface area contributed by atoms with Crippen molar-refractivity contribution in [2.45, 2.75) is 33.4 Å². The molecule has 0 unspecified atom stereocenters. The SMILES string of the molecule is CC(C)C(C)(C)CNS(=O)(=O)Cc1ccccc1C#N. The van der Waals surface area contributed by atoms with E-state index in [0.717, 1.165) is 0 Å². The molecule has 20 heavy (non-hydrogen) atoms. The number of benzene rings is 1. The minimum atomic E-state index is -3.44. The van der Waals surface area contributed by atoms with Crippen LogP contribution in [0.3, 0.4) is 0 Å². The molecular weight excluding hydrogens is 272 g/mol. The van der Waals surface area contributed by atoms with E-state index in [1.807, 2.05) is 19.9 Å². The normalized spacial score (nSPS) is 12.4. The molecule has 0 heterocycles. The van der Waals surface area contributed by atoms with Crippen molar-refractivity contribution in [2.24, 2.45) is 11.3 Å². The Morgan fingerprint density at radius 3 is 2.45 bits per heavy atom. The summed E-state index contributed by atoms with van der Waals surface area (Å²) in [7, 11) is -3.44.